The van der Waals surface area contributed by atoms with Crippen LogP contribution in [0.5, 0.6) is 0 Å². The molecule has 2 N–H and O–H groups in total. The molecule has 0 radical (unpaired) electrons. The van der Waals surface area contributed by atoms with Gasteiger partial charge in [0.25, 0.3) is 0 Å². The monoisotopic (exact) mass is 246 g/mol. The summed E-state index contributed by atoms with van der Waals surface area (Å²) in [6, 6.07) is 8.72. The Morgan fingerprint density at radius 1 is 1.18 bits per heavy atom. The predicted molar refractivity (Wildman–Crippen MR) is 58.6 cm³/mol. The molecule has 0 saturated heterocycles. The van der Waals surface area contributed by atoms with Crippen molar-refractivity contribution in [1.82, 2.24) is 5.32 Å². The molecule has 3 nitrogen and oxygen atoms in total. The highest BCUT2D eigenvalue weighted by Crippen LogP contribution is 2.17. The SMILES string of the molecule is O=C(CNCCC(F)(F)F)Nc1ccccc1. The molecule has 17 heavy (non-hydrogen) atoms. The minimum absolute atomic E-state index is 0.134. The lowest BCUT2D eigenvalue weighted by molar-refractivity contribution is -0.134. The zero-order chi connectivity index (χ0) is 12.7. The van der Waals surface area contributed by atoms with Gasteiger partial charge in [0.15, 0.2) is 0 Å². The molecule has 0 unspecified atom stereocenters. The molecule has 94 valence electrons. The Bertz CT molecular complexity index is 351. The highest BCUT2D eigenvalue weighted by molar-refractivity contribution is 5.92. The van der Waals surface area contributed by atoms with Crippen LogP contribution in [0.1, 0.15) is 6.42 Å². The summed E-state index contributed by atoms with van der Waals surface area (Å²) in [6.45, 7) is -0.392. The summed E-state index contributed by atoms with van der Waals surface area (Å²) in [6.07, 6.45) is -5.13. The zero-order valence-corrected chi connectivity index (χ0v) is 9.05. The molecule has 0 fully saturated rings. The highest BCUT2D eigenvalue weighted by Gasteiger charge is 2.25. The van der Waals surface area contributed by atoms with Gasteiger partial charge in [-0.1, -0.05) is 18.2 Å². The van der Waals surface area contributed by atoms with Crippen molar-refractivity contribution in [2.24, 2.45) is 0 Å². The van der Waals surface area contributed by atoms with Crippen molar-refractivity contribution in [1.29, 1.82) is 0 Å². The van der Waals surface area contributed by atoms with Crippen molar-refractivity contribution in [3.63, 3.8) is 0 Å². The quantitative estimate of drug-likeness (QED) is 0.782. The van der Waals surface area contributed by atoms with Crippen LogP contribution in [0.15, 0.2) is 30.3 Å². The molecule has 0 aliphatic carbocycles. The summed E-state index contributed by atoms with van der Waals surface area (Å²) < 4.78 is 35.4. The van der Waals surface area contributed by atoms with Crippen LogP contribution in [0.25, 0.3) is 0 Å². The van der Waals surface area contributed by atoms with Crippen LogP contribution in [-0.4, -0.2) is 25.2 Å². The second-order valence-electron chi connectivity index (χ2n) is 3.46. The fourth-order valence-electron chi connectivity index (χ4n) is 1.16. The highest BCUT2D eigenvalue weighted by atomic mass is 19.4. The number of carbonyl (C=O) groups excluding carboxylic acids is 1. The fourth-order valence-corrected chi connectivity index (χ4v) is 1.16. The van der Waals surface area contributed by atoms with Gasteiger partial charge >= 0.3 is 6.18 Å². The van der Waals surface area contributed by atoms with E-state index in [2.05, 4.69) is 10.6 Å². The topological polar surface area (TPSA) is 41.1 Å². The Hall–Kier alpha value is -1.56. The summed E-state index contributed by atoms with van der Waals surface area (Å²) in [5.74, 6) is -0.363. The van der Waals surface area contributed by atoms with Gasteiger partial charge in [0.1, 0.15) is 0 Å². The second-order valence-corrected chi connectivity index (χ2v) is 3.46. The van der Waals surface area contributed by atoms with Crippen LogP contribution in [0.3, 0.4) is 0 Å². The summed E-state index contributed by atoms with van der Waals surface area (Å²) >= 11 is 0. The van der Waals surface area contributed by atoms with Gasteiger partial charge in [0.05, 0.1) is 13.0 Å². The molecular formula is C11H13F3N2O. The van der Waals surface area contributed by atoms with E-state index < -0.39 is 12.6 Å². The fraction of sp³-hybridized carbons (Fsp3) is 0.364. The summed E-state index contributed by atoms with van der Waals surface area (Å²) in [4.78, 5) is 11.3. The second kappa shape index (κ2) is 6.24. The molecule has 0 aromatic heterocycles. The Labute approximate surface area is 97.0 Å². The zero-order valence-electron chi connectivity index (χ0n) is 9.05. The van der Waals surface area contributed by atoms with Crippen molar-refractivity contribution in [2.75, 3.05) is 18.4 Å². The number of hydrogen-bond donors (Lipinski definition) is 2. The van der Waals surface area contributed by atoms with Gasteiger partial charge in [-0.2, -0.15) is 13.2 Å². The number of rotatable bonds is 5. The molecule has 0 aliphatic heterocycles. The number of para-hydroxylation sites is 1. The smallest absolute Gasteiger partial charge is 0.325 e. The standard InChI is InChI=1S/C11H13F3N2O/c12-11(13,14)6-7-15-8-10(17)16-9-4-2-1-3-5-9/h1-5,15H,6-8H2,(H,16,17). The van der Waals surface area contributed by atoms with Gasteiger partial charge in [0.2, 0.25) is 5.91 Å². The lowest BCUT2D eigenvalue weighted by Gasteiger charge is -2.08. The van der Waals surface area contributed by atoms with E-state index in [0.29, 0.717) is 5.69 Å². The third-order valence-electron chi connectivity index (χ3n) is 1.93. The maximum absolute atomic E-state index is 11.8. The van der Waals surface area contributed by atoms with Crippen LogP contribution in [-0.2, 0) is 4.79 Å². The van der Waals surface area contributed by atoms with Crippen LogP contribution in [0.2, 0.25) is 0 Å². The number of nitrogens with one attached hydrogen (secondary N) is 2. The van der Waals surface area contributed by atoms with Gasteiger partial charge in [-0.25, -0.2) is 0 Å². The van der Waals surface area contributed by atoms with E-state index in [-0.39, 0.29) is 19.0 Å². The first-order chi connectivity index (χ1) is 7.97. The molecule has 6 heteroatoms. The van der Waals surface area contributed by atoms with Crippen LogP contribution in [0, 0.1) is 0 Å². The van der Waals surface area contributed by atoms with Crippen molar-refractivity contribution in [2.45, 2.75) is 12.6 Å². The average Bonchev–Trinajstić information content (AvgIpc) is 2.25. The van der Waals surface area contributed by atoms with E-state index in [1.54, 1.807) is 30.3 Å². The maximum atomic E-state index is 11.8. The number of amides is 1. The predicted octanol–water partition coefficient (Wildman–Crippen LogP) is 2.17. The van der Waals surface area contributed by atoms with E-state index in [0.717, 1.165) is 0 Å². The molecule has 1 rings (SSSR count). The third kappa shape index (κ3) is 6.57. The lowest BCUT2D eigenvalue weighted by Crippen LogP contribution is -2.30. The molecule has 0 atom stereocenters. The Balaban J connectivity index is 2.18. The van der Waals surface area contributed by atoms with Gasteiger partial charge in [0, 0.05) is 12.2 Å². The van der Waals surface area contributed by atoms with E-state index >= 15 is 0 Å². The van der Waals surface area contributed by atoms with Gasteiger partial charge in [-0.05, 0) is 12.1 Å². The summed E-state index contributed by atoms with van der Waals surface area (Å²) in [7, 11) is 0. The molecule has 0 aliphatic rings. The third-order valence-corrected chi connectivity index (χ3v) is 1.93. The molecular weight excluding hydrogens is 233 g/mol. The van der Waals surface area contributed by atoms with Crippen molar-refractivity contribution < 1.29 is 18.0 Å². The van der Waals surface area contributed by atoms with Crippen molar-refractivity contribution in [3.05, 3.63) is 30.3 Å². The first-order valence-corrected chi connectivity index (χ1v) is 5.10. The van der Waals surface area contributed by atoms with E-state index in [4.69, 9.17) is 0 Å². The first-order valence-electron chi connectivity index (χ1n) is 5.10. The molecule has 1 aromatic rings. The number of benzene rings is 1. The molecule has 1 amide bonds. The summed E-state index contributed by atoms with van der Waals surface area (Å²) in [5.41, 5.74) is 0.620. The number of hydrogen-bond acceptors (Lipinski definition) is 2. The van der Waals surface area contributed by atoms with Gasteiger partial charge in [-0.3, -0.25) is 4.79 Å². The van der Waals surface area contributed by atoms with Gasteiger partial charge in [-0.15, -0.1) is 0 Å². The van der Waals surface area contributed by atoms with Crippen LogP contribution >= 0.6 is 0 Å². The average molecular weight is 246 g/mol. The minimum atomic E-state index is -4.19. The van der Waals surface area contributed by atoms with E-state index in [1.807, 2.05) is 0 Å². The molecule has 0 spiro atoms. The maximum Gasteiger partial charge on any atom is 0.390 e. The van der Waals surface area contributed by atoms with Crippen molar-refractivity contribution >= 4 is 11.6 Å². The van der Waals surface area contributed by atoms with Gasteiger partial charge < -0.3 is 10.6 Å². The summed E-state index contributed by atoms with van der Waals surface area (Å²) in [5, 5.41) is 4.99. The lowest BCUT2D eigenvalue weighted by atomic mass is 10.3. The number of halogens is 3. The normalized spacial score (nSPS) is 11.2. The first kappa shape index (κ1) is 13.5. The molecule has 0 saturated carbocycles. The van der Waals surface area contributed by atoms with E-state index in [1.165, 1.54) is 0 Å². The number of carbonyl (C=O) groups is 1. The minimum Gasteiger partial charge on any atom is -0.325 e. The Morgan fingerprint density at radius 2 is 1.82 bits per heavy atom. The number of alkyl halides is 3. The molecule has 0 heterocycles. The molecule has 1 aromatic carbocycles. The van der Waals surface area contributed by atoms with Crippen molar-refractivity contribution in [3.8, 4) is 0 Å². The van der Waals surface area contributed by atoms with Crippen LogP contribution < -0.4 is 10.6 Å². The Kier molecular flexibility index (Phi) is 4.96. The van der Waals surface area contributed by atoms with E-state index in [9.17, 15) is 18.0 Å². The Morgan fingerprint density at radius 3 is 2.41 bits per heavy atom. The van der Waals surface area contributed by atoms with Crippen LogP contribution in [0.4, 0.5) is 18.9 Å². The largest absolute Gasteiger partial charge is 0.390 e. The molecule has 0 bridgehead atoms. The number of anilines is 1.